The Balaban J connectivity index is 2.09. The van der Waals surface area contributed by atoms with Gasteiger partial charge in [-0.1, -0.05) is 23.7 Å². The molecule has 0 bridgehead atoms. The summed E-state index contributed by atoms with van der Waals surface area (Å²) in [7, 11) is 0. The number of aromatic nitrogens is 2. The molecule has 1 aliphatic heterocycles. The number of anilines is 1. The number of H-pyrrole nitrogens is 1. The summed E-state index contributed by atoms with van der Waals surface area (Å²) in [6, 6.07) is 7.81. The Morgan fingerprint density at radius 3 is 2.80 bits per heavy atom. The second-order valence-corrected chi connectivity index (χ2v) is 4.05. The first kappa shape index (κ1) is 8.80. The summed E-state index contributed by atoms with van der Waals surface area (Å²) in [5, 5.41) is 11.3. The van der Waals surface area contributed by atoms with E-state index in [2.05, 4.69) is 15.5 Å². The summed E-state index contributed by atoms with van der Waals surface area (Å²) in [5.41, 5.74) is 3.51. The van der Waals surface area contributed by atoms with Crippen LogP contribution in [-0.2, 0) is 6.42 Å². The SMILES string of the molecule is Clc1ccc(-c2[nH]nc3c2CCN3)cc1. The van der Waals surface area contributed by atoms with Crippen LogP contribution in [0.5, 0.6) is 0 Å². The number of nitrogens with one attached hydrogen (secondary N) is 2. The van der Waals surface area contributed by atoms with Gasteiger partial charge in [-0.3, -0.25) is 5.10 Å². The number of hydrogen-bond acceptors (Lipinski definition) is 2. The highest BCUT2D eigenvalue weighted by Crippen LogP contribution is 2.30. The van der Waals surface area contributed by atoms with Gasteiger partial charge >= 0.3 is 0 Å². The number of hydrogen-bond donors (Lipinski definition) is 2. The molecule has 3 rings (SSSR count). The number of halogens is 1. The fourth-order valence-electron chi connectivity index (χ4n) is 1.92. The van der Waals surface area contributed by atoms with E-state index in [1.165, 1.54) is 5.56 Å². The van der Waals surface area contributed by atoms with E-state index < -0.39 is 0 Å². The molecule has 0 aliphatic carbocycles. The van der Waals surface area contributed by atoms with Crippen LogP contribution < -0.4 is 5.32 Å². The van der Waals surface area contributed by atoms with E-state index in [9.17, 15) is 0 Å². The Morgan fingerprint density at radius 1 is 1.20 bits per heavy atom. The molecule has 1 aromatic carbocycles. The topological polar surface area (TPSA) is 40.7 Å². The monoisotopic (exact) mass is 219 g/mol. The molecule has 76 valence electrons. The van der Waals surface area contributed by atoms with Gasteiger partial charge in [0.1, 0.15) is 0 Å². The van der Waals surface area contributed by atoms with Crippen molar-refractivity contribution in [2.24, 2.45) is 0 Å². The Morgan fingerprint density at radius 2 is 2.00 bits per heavy atom. The van der Waals surface area contributed by atoms with E-state index in [0.29, 0.717) is 0 Å². The summed E-state index contributed by atoms with van der Waals surface area (Å²) in [6.45, 7) is 0.979. The molecule has 2 heterocycles. The maximum Gasteiger partial charge on any atom is 0.151 e. The molecule has 0 radical (unpaired) electrons. The maximum absolute atomic E-state index is 5.85. The van der Waals surface area contributed by atoms with Gasteiger partial charge in [0, 0.05) is 17.1 Å². The number of fused-ring (bicyclic) bond motifs is 1. The Bertz CT molecular complexity index is 487. The third-order valence-electron chi connectivity index (χ3n) is 2.67. The van der Waals surface area contributed by atoms with Gasteiger partial charge in [-0.15, -0.1) is 0 Å². The van der Waals surface area contributed by atoms with Gasteiger partial charge in [-0.05, 0) is 24.1 Å². The highest BCUT2D eigenvalue weighted by atomic mass is 35.5. The van der Waals surface area contributed by atoms with E-state index in [4.69, 9.17) is 11.6 Å². The summed E-state index contributed by atoms with van der Waals surface area (Å²) in [6.07, 6.45) is 1.03. The van der Waals surface area contributed by atoms with Gasteiger partial charge in [0.2, 0.25) is 0 Å². The van der Waals surface area contributed by atoms with Crippen LogP contribution in [0.3, 0.4) is 0 Å². The predicted octanol–water partition coefficient (Wildman–Crippen LogP) is 2.70. The summed E-state index contributed by atoms with van der Waals surface area (Å²) in [5.74, 6) is 0.986. The van der Waals surface area contributed by atoms with Crippen molar-refractivity contribution >= 4 is 17.4 Å². The van der Waals surface area contributed by atoms with Crippen molar-refractivity contribution in [2.45, 2.75) is 6.42 Å². The van der Waals surface area contributed by atoms with Crippen LogP contribution in [-0.4, -0.2) is 16.7 Å². The van der Waals surface area contributed by atoms with Gasteiger partial charge in [0.25, 0.3) is 0 Å². The average molecular weight is 220 g/mol. The molecule has 2 N–H and O–H groups in total. The summed E-state index contributed by atoms with van der Waals surface area (Å²) < 4.78 is 0. The van der Waals surface area contributed by atoms with Crippen molar-refractivity contribution in [3.05, 3.63) is 34.9 Å². The van der Waals surface area contributed by atoms with Crippen LogP contribution in [0.4, 0.5) is 5.82 Å². The van der Waals surface area contributed by atoms with Crippen LogP contribution in [0, 0.1) is 0 Å². The lowest BCUT2D eigenvalue weighted by Gasteiger charge is -1.99. The van der Waals surface area contributed by atoms with E-state index >= 15 is 0 Å². The minimum absolute atomic E-state index is 0.757. The zero-order chi connectivity index (χ0) is 10.3. The molecule has 0 fully saturated rings. The predicted molar refractivity (Wildman–Crippen MR) is 61.2 cm³/mol. The molecule has 3 nitrogen and oxygen atoms in total. The maximum atomic E-state index is 5.85. The molecule has 0 saturated carbocycles. The third kappa shape index (κ3) is 1.39. The Labute approximate surface area is 92.5 Å². The molecular formula is C11H10ClN3. The molecule has 0 saturated heterocycles. The number of nitrogens with zero attached hydrogens (tertiary/aromatic N) is 1. The largest absolute Gasteiger partial charge is 0.368 e. The lowest BCUT2D eigenvalue weighted by molar-refractivity contribution is 1.04. The number of rotatable bonds is 1. The molecule has 2 aromatic rings. The lowest BCUT2D eigenvalue weighted by atomic mass is 10.1. The van der Waals surface area contributed by atoms with Crippen molar-refractivity contribution in [2.75, 3.05) is 11.9 Å². The standard InChI is InChI=1S/C11H10ClN3/c12-8-3-1-7(2-4-8)10-9-5-6-13-11(9)15-14-10/h1-4H,5-6H2,(H2,13,14,15). The van der Waals surface area contributed by atoms with E-state index in [0.717, 1.165) is 35.1 Å². The number of aromatic amines is 1. The molecular weight excluding hydrogens is 210 g/mol. The minimum Gasteiger partial charge on any atom is -0.368 e. The van der Waals surface area contributed by atoms with E-state index in [1.807, 2.05) is 24.3 Å². The van der Waals surface area contributed by atoms with Crippen LogP contribution in [0.1, 0.15) is 5.56 Å². The van der Waals surface area contributed by atoms with Gasteiger partial charge in [0.05, 0.1) is 5.69 Å². The van der Waals surface area contributed by atoms with E-state index in [1.54, 1.807) is 0 Å². The zero-order valence-corrected chi connectivity index (χ0v) is 8.80. The lowest BCUT2D eigenvalue weighted by Crippen LogP contribution is -1.94. The Kier molecular flexibility index (Phi) is 1.92. The van der Waals surface area contributed by atoms with Gasteiger partial charge in [-0.25, -0.2) is 0 Å². The smallest absolute Gasteiger partial charge is 0.151 e. The Hall–Kier alpha value is -1.48. The molecule has 0 atom stereocenters. The van der Waals surface area contributed by atoms with Gasteiger partial charge in [-0.2, -0.15) is 5.10 Å². The summed E-state index contributed by atoms with van der Waals surface area (Å²) in [4.78, 5) is 0. The van der Waals surface area contributed by atoms with Crippen molar-refractivity contribution in [3.63, 3.8) is 0 Å². The molecule has 15 heavy (non-hydrogen) atoms. The molecule has 0 spiro atoms. The second-order valence-electron chi connectivity index (χ2n) is 3.61. The zero-order valence-electron chi connectivity index (χ0n) is 8.05. The summed E-state index contributed by atoms with van der Waals surface area (Å²) >= 11 is 5.85. The van der Waals surface area contributed by atoms with Crippen molar-refractivity contribution < 1.29 is 0 Å². The average Bonchev–Trinajstić information content (AvgIpc) is 2.80. The van der Waals surface area contributed by atoms with Crippen molar-refractivity contribution in [1.82, 2.24) is 10.2 Å². The molecule has 1 aromatic heterocycles. The van der Waals surface area contributed by atoms with Crippen LogP contribution in [0.2, 0.25) is 5.02 Å². The third-order valence-corrected chi connectivity index (χ3v) is 2.92. The van der Waals surface area contributed by atoms with Gasteiger partial charge < -0.3 is 5.32 Å². The van der Waals surface area contributed by atoms with E-state index in [-0.39, 0.29) is 0 Å². The highest BCUT2D eigenvalue weighted by molar-refractivity contribution is 6.30. The van der Waals surface area contributed by atoms with Crippen LogP contribution >= 0.6 is 11.6 Å². The number of benzene rings is 1. The van der Waals surface area contributed by atoms with Gasteiger partial charge in [0.15, 0.2) is 5.82 Å². The first-order valence-corrected chi connectivity index (χ1v) is 5.29. The fourth-order valence-corrected chi connectivity index (χ4v) is 2.04. The minimum atomic E-state index is 0.757. The van der Waals surface area contributed by atoms with Crippen molar-refractivity contribution in [3.8, 4) is 11.3 Å². The highest BCUT2D eigenvalue weighted by Gasteiger charge is 2.18. The quantitative estimate of drug-likeness (QED) is 0.774. The second kappa shape index (κ2) is 3.28. The molecule has 0 amide bonds. The normalized spacial score (nSPS) is 13.7. The molecule has 4 heteroatoms. The fraction of sp³-hybridized carbons (Fsp3) is 0.182. The first-order chi connectivity index (χ1) is 7.34. The van der Waals surface area contributed by atoms with Crippen LogP contribution in [0.15, 0.2) is 24.3 Å². The van der Waals surface area contributed by atoms with Crippen LogP contribution in [0.25, 0.3) is 11.3 Å². The first-order valence-electron chi connectivity index (χ1n) is 4.91. The molecule has 1 aliphatic rings. The molecule has 0 unspecified atom stereocenters. The van der Waals surface area contributed by atoms with Crippen molar-refractivity contribution in [1.29, 1.82) is 0 Å².